The van der Waals surface area contributed by atoms with Crippen LogP contribution >= 0.6 is 0 Å². The number of nitrogens with one attached hydrogen (secondary N) is 5. The number of fused-ring (bicyclic) bond motifs is 5. The van der Waals surface area contributed by atoms with E-state index < -0.39 is 71.6 Å². The van der Waals surface area contributed by atoms with Gasteiger partial charge in [-0.25, -0.2) is 70.4 Å². The summed E-state index contributed by atoms with van der Waals surface area (Å²) in [5.74, 6) is 1.77. The maximum atomic E-state index is 12.8. The van der Waals surface area contributed by atoms with Crippen LogP contribution in [0.3, 0.4) is 0 Å². The number of amides is 1. The highest BCUT2D eigenvalue weighted by atomic mass is 32.2. The van der Waals surface area contributed by atoms with Gasteiger partial charge in [-0.2, -0.15) is 33.7 Å². The third-order valence-corrected chi connectivity index (χ3v) is 26.8. The third kappa shape index (κ3) is 24.2. The van der Waals surface area contributed by atoms with Gasteiger partial charge in [0, 0.05) is 118 Å². The summed E-state index contributed by atoms with van der Waals surface area (Å²) in [4.78, 5) is 61.0. The van der Waals surface area contributed by atoms with Gasteiger partial charge in [0.1, 0.15) is 60.2 Å². The zero-order valence-corrected chi connectivity index (χ0v) is 76.3. The van der Waals surface area contributed by atoms with Gasteiger partial charge in [-0.05, 0) is 127 Å². The average Bonchev–Trinajstić information content (AvgIpc) is 1.55. The van der Waals surface area contributed by atoms with Crippen LogP contribution in [0.5, 0.6) is 5.88 Å². The fourth-order valence-electron chi connectivity index (χ4n) is 18.5. The Hall–Kier alpha value is -10.6. The molecule has 2 aliphatic heterocycles. The van der Waals surface area contributed by atoms with Crippen LogP contribution in [-0.2, 0) is 87.4 Å². The van der Waals surface area contributed by atoms with Crippen LogP contribution in [0.1, 0.15) is 140 Å². The number of anilines is 6. The lowest BCUT2D eigenvalue weighted by Gasteiger charge is -2.24. The molecule has 17 N–H and O–H groups in total. The van der Waals surface area contributed by atoms with Crippen molar-refractivity contribution in [2.45, 2.75) is 171 Å². The summed E-state index contributed by atoms with van der Waals surface area (Å²) >= 11 is 0. The topological polar surface area (TPSA) is 579 Å². The first kappa shape index (κ1) is 95.5. The number of carbonyl (C=O) groups excluding carboxylic acids is 1. The van der Waals surface area contributed by atoms with E-state index in [9.17, 15) is 58.9 Å². The minimum absolute atomic E-state index is 0.0342. The average molecular weight is 1870 g/mol. The first-order valence-electron chi connectivity index (χ1n) is 42.6. The molecule has 8 aliphatic rings. The van der Waals surface area contributed by atoms with Gasteiger partial charge in [0.2, 0.25) is 11.8 Å². The molecule has 130 heavy (non-hydrogen) atoms. The zero-order valence-electron chi connectivity index (χ0n) is 73.1. The Morgan fingerprint density at radius 1 is 0.485 bits per heavy atom. The number of rotatable bonds is 28. The number of aryl methyl sites for hydroxylation is 1. The Morgan fingerprint density at radius 3 is 1.50 bits per heavy atom. The molecule has 1 amide bonds. The molecule has 696 valence electrons. The van der Waals surface area contributed by atoms with E-state index in [0.29, 0.717) is 111 Å². The minimum Gasteiger partial charge on any atom is -0.474 e. The van der Waals surface area contributed by atoms with Crippen LogP contribution in [0.4, 0.5) is 46.2 Å². The monoisotopic (exact) mass is 1870 g/mol. The van der Waals surface area contributed by atoms with Gasteiger partial charge in [0.15, 0.2) is 11.6 Å². The molecule has 43 heteroatoms. The molecule has 6 aliphatic carbocycles. The number of nitrogens with zero attached hydrogens (tertiary/aromatic N) is 12. The van der Waals surface area contributed by atoms with Crippen molar-refractivity contribution >= 4 is 115 Å². The Bertz CT molecular complexity index is 6170. The first-order valence-corrected chi connectivity index (χ1v) is 48.5. The smallest absolute Gasteiger partial charge is 0.333 e. The van der Waals surface area contributed by atoms with Gasteiger partial charge in [0.25, 0.3) is 0 Å². The SMILES string of the molecule is CC1(C)C[C@H](Nc2cc(N[C@@H]3C[C@@H](COS(N)(=O)=O)[C@@H](O)C3)ncn2)c2ccccc21.CN(C)C(=O)[C@H]1Cc2ccccc2[C@H]1Nc1cc(O[C@@H]2C[C@@H](COS(N)(=O)=O)[C@@H](O)C2)ncn1.CN(C)c1ccc(C2=Nc3c(ncnc3N[C@@H]3C[C@@H](COS(N)(=O)=O)[C@@H](O)C3)C2)c2ccccc12.Cc1cccc(C2=Nc3c(ncnc3N[C@@H]3C[C@@H](COS(N)(=O)=O)[C@@H](O)C3)C2)c1C. The number of hydrogen-bond acceptors (Lipinski definition) is 34. The molecule has 15 atom stereocenters. The van der Waals surface area contributed by atoms with E-state index in [4.69, 9.17) is 35.3 Å². The second-order valence-electron chi connectivity index (χ2n) is 35.2. The molecule has 5 aromatic carbocycles. The maximum absolute atomic E-state index is 12.8. The molecular weight excluding hydrogens is 1760 g/mol. The Labute approximate surface area is 755 Å². The van der Waals surface area contributed by atoms with E-state index in [1.54, 1.807) is 25.1 Å². The van der Waals surface area contributed by atoms with Gasteiger partial charge in [-0.15, -0.1) is 0 Å². The highest BCUT2D eigenvalue weighted by Gasteiger charge is 2.43. The summed E-state index contributed by atoms with van der Waals surface area (Å²) in [5, 5.41) is 79.8. The number of carbonyl (C=O) groups is 1. The number of hydrogen-bond donors (Lipinski definition) is 13. The molecule has 0 saturated heterocycles. The number of aromatic nitrogens is 8. The lowest BCUT2D eigenvalue weighted by molar-refractivity contribution is -0.133. The normalized spacial score (nSPS) is 24.5. The highest BCUT2D eigenvalue weighted by molar-refractivity contribution is 7.85. The number of aliphatic imine (C=N–C) groups is 2. The second-order valence-corrected chi connectivity index (χ2v) is 40.0. The second kappa shape index (κ2) is 40.2. The molecule has 0 radical (unpaired) electrons. The van der Waals surface area contributed by atoms with Crippen LogP contribution < -0.4 is 56.8 Å². The van der Waals surface area contributed by atoms with E-state index in [2.05, 4.69) is 176 Å². The molecule has 4 saturated carbocycles. The summed E-state index contributed by atoms with van der Waals surface area (Å²) in [7, 11) is -8.61. The molecule has 4 aromatic heterocycles. The van der Waals surface area contributed by atoms with Crippen molar-refractivity contribution in [3.63, 3.8) is 0 Å². The highest BCUT2D eigenvalue weighted by Crippen LogP contribution is 2.47. The van der Waals surface area contributed by atoms with E-state index in [1.165, 1.54) is 47.6 Å². The van der Waals surface area contributed by atoms with Gasteiger partial charge < -0.3 is 61.5 Å². The molecule has 0 unspecified atom stereocenters. The van der Waals surface area contributed by atoms with Crippen molar-refractivity contribution in [1.82, 2.24) is 44.8 Å². The predicted molar refractivity (Wildman–Crippen MR) is 489 cm³/mol. The lowest BCUT2D eigenvalue weighted by Crippen LogP contribution is -2.34. The molecule has 39 nitrogen and oxygen atoms in total. The summed E-state index contributed by atoms with van der Waals surface area (Å²) in [5.41, 5.74) is 15.6. The molecule has 9 aromatic rings. The summed E-state index contributed by atoms with van der Waals surface area (Å²) < 4.78 is 113. The number of ether oxygens (including phenoxy) is 1. The first-order chi connectivity index (χ1) is 61.6. The fourth-order valence-corrected chi connectivity index (χ4v) is 19.9. The van der Waals surface area contributed by atoms with Gasteiger partial charge in [0.05, 0.1) is 91.7 Å². The number of nitrogens with two attached hydrogens (primary N) is 4. The molecule has 6 heterocycles. The number of benzene rings is 5. The Balaban J connectivity index is 0.000000140. The molecule has 17 rings (SSSR count). The van der Waals surface area contributed by atoms with Crippen molar-refractivity contribution in [1.29, 1.82) is 0 Å². The van der Waals surface area contributed by atoms with Crippen LogP contribution in [0, 0.1) is 43.4 Å². The van der Waals surface area contributed by atoms with Crippen LogP contribution in [0.15, 0.2) is 151 Å². The van der Waals surface area contributed by atoms with Crippen LogP contribution in [0.2, 0.25) is 0 Å². The van der Waals surface area contributed by atoms with E-state index in [-0.39, 0.29) is 97.7 Å². The lowest BCUT2D eigenvalue weighted by atomic mass is 9.86. The van der Waals surface area contributed by atoms with Crippen molar-refractivity contribution < 1.29 is 80.4 Å². The van der Waals surface area contributed by atoms with E-state index in [1.807, 2.05) is 62.6 Å². The predicted octanol–water partition coefficient (Wildman–Crippen LogP) is 6.40. The van der Waals surface area contributed by atoms with Crippen LogP contribution in [0.25, 0.3) is 10.8 Å². The van der Waals surface area contributed by atoms with Crippen molar-refractivity contribution in [3.05, 3.63) is 196 Å². The number of aliphatic hydroxyl groups excluding tert-OH is 4. The Kier molecular flexibility index (Phi) is 29.6. The molecule has 0 bridgehead atoms. The van der Waals surface area contributed by atoms with Crippen molar-refractivity contribution in [3.8, 4) is 5.88 Å². The van der Waals surface area contributed by atoms with Gasteiger partial charge in [-0.3, -0.25) is 21.5 Å². The zero-order chi connectivity index (χ0) is 92.9. The molecular formula is C87H111N21O18S4. The van der Waals surface area contributed by atoms with Gasteiger partial charge in [-0.1, -0.05) is 111 Å². The van der Waals surface area contributed by atoms with E-state index >= 15 is 0 Å². The van der Waals surface area contributed by atoms with Crippen LogP contribution in [-0.4, -0.2) is 219 Å². The van der Waals surface area contributed by atoms with Gasteiger partial charge >= 0.3 is 41.2 Å². The third-order valence-electron chi connectivity index (χ3n) is 25.0. The Morgan fingerprint density at radius 2 is 0.954 bits per heavy atom. The van der Waals surface area contributed by atoms with E-state index in [0.717, 1.165) is 73.8 Å². The summed E-state index contributed by atoms with van der Waals surface area (Å²) in [6, 6.07) is 38.3. The van der Waals surface area contributed by atoms with Crippen molar-refractivity contribution in [2.75, 3.05) is 86.1 Å². The number of aliphatic hydroxyl groups is 4. The summed E-state index contributed by atoms with van der Waals surface area (Å²) in [6.07, 6.45) is 9.17. The quantitative estimate of drug-likeness (QED) is 0.0252. The van der Waals surface area contributed by atoms with Crippen molar-refractivity contribution in [2.24, 2.45) is 60.1 Å². The fraction of sp³-hybridized carbons (Fsp3) is 0.460. The molecule has 0 spiro atoms. The standard InChI is InChI=1S/C24H28N6O4S.C22H29N5O6S.C21H29N5O4S.C20H25N5O4S/c1-30(2)21-8-7-17(16-5-3-4-6-18(16)21)19-11-20-23(29-19)24(27-13-26-20)28-15-9-14(22(31)10-15)12-34-35(25,32)33;1-27(2)22(29)17-8-13-5-3-4-6-16(13)21(17)26-19-10-20(25-12-24-19)33-15-7-14(18(28)9-15)11-32-34(23,30)31;1-21(2)10-17(15-5-3-4-6-16(15)21)26-20-9-19(23-12-24-20)25-14-7-13(18(27)8-14)11-30-31(22,28)29;1-11-4-3-5-15(12(11)2)16-8-17-19(25-16)20(23-10-22-17)24-14-6-13(18(26)7-14)9-29-30(21,27)28/h3-8,13-15,22,31H,9-12H2,1-2H3,(H2,25,32,33)(H,26,27,28);3-6,10,12,14-15,17-18,21,28H,7-9,11H2,1-2H3,(H2,23,30,31)(H,24,25,26);3-6,9,12-14,17-18,27H,7-8,10-11H2,1-2H3,(H2,22,28,29)(H2,23,24,25,26);3-5,10,13-14,18,26H,6-9H2,1-2H3,(H2,21,27,28)(H,22,23,24)/t14-,15+,22-;14-,15+,17-,18-,21+;13-,14+,17-,18-;13-,14+,18-/m0000/s1. The summed E-state index contributed by atoms with van der Waals surface area (Å²) in [6.45, 7) is 8.03. The molecule has 4 fully saturated rings. The largest absolute Gasteiger partial charge is 0.474 e. The minimum atomic E-state index is -4.07. The maximum Gasteiger partial charge on any atom is 0.333 e.